The lowest BCUT2D eigenvalue weighted by Crippen LogP contribution is -2.60. The van der Waals surface area contributed by atoms with Gasteiger partial charge in [-0.3, -0.25) is 0 Å². The fraction of sp³-hybridized carbons (Fsp3) is 0.176. The summed E-state index contributed by atoms with van der Waals surface area (Å²) in [7, 11) is -4.92. The van der Waals surface area contributed by atoms with E-state index in [1.165, 1.54) is 114 Å². The van der Waals surface area contributed by atoms with Crippen molar-refractivity contribution >= 4 is 139 Å². The fourth-order valence-corrected chi connectivity index (χ4v) is 14.3. The van der Waals surface area contributed by atoms with Gasteiger partial charge in [0.2, 0.25) is 0 Å². The number of nitrogens with zero attached hydrogens (tertiary/aromatic N) is 2. The quantitative estimate of drug-likeness (QED) is 0.125. The zero-order valence-corrected chi connectivity index (χ0v) is 37.5. The topological polar surface area (TPSA) is 9.86 Å². The van der Waals surface area contributed by atoms with Crippen LogP contribution in [0, 0.1) is 0 Å². The van der Waals surface area contributed by atoms with Crippen LogP contribution >= 0.6 is 0 Å². The van der Waals surface area contributed by atoms with E-state index in [0.717, 1.165) is 0 Å². The molecule has 0 radical (unpaired) electrons. The summed E-state index contributed by atoms with van der Waals surface area (Å²) in [4.78, 5) is 0. The van der Waals surface area contributed by atoms with Gasteiger partial charge in [-0.05, 0) is 79.0 Å². The van der Waals surface area contributed by atoms with Crippen molar-refractivity contribution in [3.05, 3.63) is 121 Å². The standard InChI is InChI=1S/C51H47BN2Si3/c1-55(2,3)30-21-23-43-37(25-30)40-27-32(57(7,8)9)28-42-50(40)53(43)45-19-14-20-46-48(45)52(42)49-47-36-18-13-12-16-34(36)33-15-10-11-17-35(33)39(47)29-41-38-26-31(56(4,5)6)22-24-44(38)54(46)51(41)49/h10-29H,1-9H3. The number of benzene rings is 8. The van der Waals surface area contributed by atoms with Crippen molar-refractivity contribution in [1.29, 1.82) is 0 Å². The molecular formula is C51H47BN2Si3. The van der Waals surface area contributed by atoms with Crippen LogP contribution in [-0.4, -0.2) is 40.1 Å². The maximum atomic E-state index is 2.67. The van der Waals surface area contributed by atoms with Crippen molar-refractivity contribution in [2.24, 2.45) is 0 Å². The number of hydrogen-bond donors (Lipinski definition) is 0. The van der Waals surface area contributed by atoms with Gasteiger partial charge in [-0.2, -0.15) is 0 Å². The van der Waals surface area contributed by atoms with Crippen molar-refractivity contribution in [2.75, 3.05) is 0 Å². The zero-order valence-electron chi connectivity index (χ0n) is 34.5. The number of fused-ring (bicyclic) bond motifs is 17. The van der Waals surface area contributed by atoms with Gasteiger partial charge in [0.25, 0.3) is 6.71 Å². The minimum atomic E-state index is -1.75. The molecule has 57 heavy (non-hydrogen) atoms. The Balaban J connectivity index is 1.37. The van der Waals surface area contributed by atoms with Gasteiger partial charge in [0.05, 0.1) is 40.8 Å². The van der Waals surface area contributed by atoms with Gasteiger partial charge in [0.1, 0.15) is 0 Å². The van der Waals surface area contributed by atoms with E-state index in [2.05, 4.69) is 189 Å². The molecule has 0 aliphatic carbocycles. The highest BCUT2D eigenvalue weighted by Crippen LogP contribution is 2.43. The first-order valence-corrected chi connectivity index (χ1v) is 31.3. The molecule has 8 aromatic carbocycles. The van der Waals surface area contributed by atoms with Crippen molar-refractivity contribution < 1.29 is 0 Å². The van der Waals surface area contributed by atoms with Crippen LogP contribution in [0.1, 0.15) is 0 Å². The molecule has 2 nitrogen and oxygen atoms in total. The zero-order chi connectivity index (χ0) is 39.1. The fourth-order valence-electron chi connectivity index (χ4n) is 10.8. The van der Waals surface area contributed by atoms with E-state index in [9.17, 15) is 0 Å². The van der Waals surface area contributed by atoms with E-state index < -0.39 is 24.2 Å². The van der Waals surface area contributed by atoms with Gasteiger partial charge < -0.3 is 9.13 Å². The van der Waals surface area contributed by atoms with Gasteiger partial charge in [0, 0.05) is 38.4 Å². The van der Waals surface area contributed by atoms with Crippen LogP contribution in [0.25, 0.3) is 87.3 Å². The van der Waals surface area contributed by atoms with Gasteiger partial charge in [0.15, 0.2) is 0 Å². The molecule has 0 fully saturated rings. The summed E-state index contributed by atoms with van der Waals surface area (Å²) in [6.45, 7) is 22.5. The Labute approximate surface area is 337 Å². The monoisotopic (exact) mass is 782 g/mol. The van der Waals surface area contributed by atoms with Crippen molar-refractivity contribution in [1.82, 2.24) is 9.13 Å². The van der Waals surface area contributed by atoms with Crippen LogP contribution in [0.15, 0.2) is 121 Å². The van der Waals surface area contributed by atoms with Gasteiger partial charge in [-0.1, -0.05) is 165 Å². The first-order chi connectivity index (χ1) is 27.2. The van der Waals surface area contributed by atoms with Gasteiger partial charge in [-0.15, -0.1) is 0 Å². The Bertz CT molecular complexity index is 3480. The second kappa shape index (κ2) is 10.9. The summed E-state index contributed by atoms with van der Waals surface area (Å²) < 4.78 is 5.33. The molecule has 0 unspecified atom stereocenters. The molecular weight excluding hydrogens is 736 g/mol. The smallest absolute Gasteiger partial charge is 0.253 e. The molecule has 4 heterocycles. The Morgan fingerprint density at radius 3 is 1.40 bits per heavy atom. The molecule has 0 amide bonds. The van der Waals surface area contributed by atoms with Crippen LogP contribution in [-0.2, 0) is 0 Å². The highest BCUT2D eigenvalue weighted by Gasteiger charge is 2.43. The summed E-state index contributed by atoms with van der Waals surface area (Å²) in [6.07, 6.45) is 0. The molecule has 12 rings (SSSR count). The Morgan fingerprint density at radius 2 is 0.842 bits per heavy atom. The van der Waals surface area contributed by atoms with E-state index in [1.807, 2.05) is 0 Å². The molecule has 0 saturated heterocycles. The predicted molar refractivity (Wildman–Crippen MR) is 261 cm³/mol. The summed E-state index contributed by atoms with van der Waals surface area (Å²) in [5, 5.41) is 18.3. The predicted octanol–water partition coefficient (Wildman–Crippen LogP) is 10.1. The average molecular weight is 783 g/mol. The molecule has 2 aromatic heterocycles. The van der Waals surface area contributed by atoms with Crippen molar-refractivity contribution in [2.45, 2.75) is 58.9 Å². The first-order valence-electron chi connectivity index (χ1n) is 20.8. The third-order valence-corrected chi connectivity index (χ3v) is 19.8. The van der Waals surface area contributed by atoms with E-state index in [1.54, 1.807) is 5.19 Å². The summed E-state index contributed by atoms with van der Waals surface area (Å²) in [6, 6.07) is 48.3. The van der Waals surface area contributed by atoms with E-state index >= 15 is 0 Å². The maximum Gasteiger partial charge on any atom is 0.253 e. The Hall–Kier alpha value is -5.14. The van der Waals surface area contributed by atoms with Crippen molar-refractivity contribution in [3.8, 4) is 11.4 Å². The molecule has 6 heteroatoms. The molecule has 2 aliphatic heterocycles. The second-order valence-electron chi connectivity index (χ2n) is 20.2. The summed E-state index contributed by atoms with van der Waals surface area (Å²) >= 11 is 0. The molecule has 0 bridgehead atoms. The first kappa shape index (κ1) is 33.9. The molecule has 10 aromatic rings. The van der Waals surface area contributed by atoms with Crippen molar-refractivity contribution in [3.63, 3.8) is 0 Å². The van der Waals surface area contributed by atoms with E-state index in [-0.39, 0.29) is 6.71 Å². The SMILES string of the molecule is C[Si](C)(C)c1ccc2c(c1)c1cc([Si](C)(C)C)cc3c1n2-c1cccc2c1B3c1c3c4ccccc4c4ccccc4c3cc3c4cc([Si](C)(C)C)ccc4n-2c13. The highest BCUT2D eigenvalue weighted by atomic mass is 28.3. The van der Waals surface area contributed by atoms with Crippen LogP contribution in [0.3, 0.4) is 0 Å². The highest BCUT2D eigenvalue weighted by molar-refractivity contribution is 7.02. The molecule has 276 valence electrons. The van der Waals surface area contributed by atoms with Crippen LogP contribution in [0.2, 0.25) is 58.9 Å². The average Bonchev–Trinajstić information content (AvgIpc) is 3.69. The van der Waals surface area contributed by atoms with E-state index in [4.69, 9.17) is 0 Å². The molecule has 0 atom stereocenters. The molecule has 0 N–H and O–H groups in total. The lowest BCUT2D eigenvalue weighted by atomic mass is 9.33. The van der Waals surface area contributed by atoms with Gasteiger partial charge >= 0.3 is 0 Å². The van der Waals surface area contributed by atoms with Crippen LogP contribution < -0.4 is 31.9 Å². The van der Waals surface area contributed by atoms with E-state index in [0.29, 0.717) is 0 Å². The molecule has 2 aliphatic rings. The Morgan fingerprint density at radius 1 is 0.368 bits per heavy atom. The van der Waals surface area contributed by atoms with Crippen LogP contribution in [0.5, 0.6) is 0 Å². The number of hydrogen-bond acceptors (Lipinski definition) is 0. The normalized spacial score (nSPS) is 14.0. The molecule has 0 spiro atoms. The summed E-state index contributed by atoms with van der Waals surface area (Å²) in [5.41, 5.74) is 12.5. The lowest BCUT2D eigenvalue weighted by Gasteiger charge is -2.35. The maximum absolute atomic E-state index is 2.67. The number of aromatic nitrogens is 2. The van der Waals surface area contributed by atoms with Gasteiger partial charge in [-0.25, -0.2) is 0 Å². The minimum absolute atomic E-state index is 0.0762. The summed E-state index contributed by atoms with van der Waals surface area (Å²) in [5.74, 6) is 0. The lowest BCUT2D eigenvalue weighted by molar-refractivity contribution is 1.14. The molecule has 0 saturated carbocycles. The third kappa shape index (κ3) is 4.36. The second-order valence-corrected chi connectivity index (χ2v) is 35.4. The van der Waals surface area contributed by atoms with Crippen LogP contribution in [0.4, 0.5) is 0 Å². The Kier molecular flexibility index (Phi) is 6.47. The largest absolute Gasteiger partial charge is 0.310 e. The minimum Gasteiger partial charge on any atom is -0.310 e. The third-order valence-electron chi connectivity index (χ3n) is 13.7. The number of rotatable bonds is 3.